The molecule has 0 atom stereocenters. The van der Waals surface area contributed by atoms with Gasteiger partial charge >= 0.3 is 0 Å². The predicted octanol–water partition coefficient (Wildman–Crippen LogP) is 2.99. The van der Waals surface area contributed by atoms with Gasteiger partial charge in [0.05, 0.1) is 11.8 Å². The third-order valence-electron chi connectivity index (χ3n) is 2.48. The predicted molar refractivity (Wildman–Crippen MR) is 70.4 cm³/mol. The summed E-state index contributed by atoms with van der Waals surface area (Å²) in [6, 6.07) is 2.09. The molecule has 88 valence electrons. The van der Waals surface area contributed by atoms with E-state index in [1.165, 1.54) is 9.75 Å². The van der Waals surface area contributed by atoms with Crippen molar-refractivity contribution in [3.05, 3.63) is 45.4 Å². The van der Waals surface area contributed by atoms with Crippen LogP contribution in [0.2, 0.25) is 0 Å². The molecular formula is C13H14N2OS. The number of aromatic nitrogens is 2. The fourth-order valence-corrected chi connectivity index (χ4v) is 2.54. The van der Waals surface area contributed by atoms with Gasteiger partial charge in [0.15, 0.2) is 5.78 Å². The monoisotopic (exact) mass is 246 g/mol. The fourth-order valence-electron chi connectivity index (χ4n) is 1.63. The van der Waals surface area contributed by atoms with Crippen molar-refractivity contribution < 1.29 is 4.79 Å². The Hall–Kier alpha value is -1.68. The Balaban J connectivity index is 2.16. The van der Waals surface area contributed by atoms with Gasteiger partial charge in [-0.2, -0.15) is 5.10 Å². The SMILES string of the molecule is Cc1cc(/C=C/C(=O)c2cnn(C)c2)c(C)s1. The molecular weight excluding hydrogens is 232 g/mol. The molecule has 2 aromatic rings. The van der Waals surface area contributed by atoms with Crippen LogP contribution in [0.4, 0.5) is 0 Å². The van der Waals surface area contributed by atoms with Gasteiger partial charge in [-0.25, -0.2) is 0 Å². The number of hydrogen-bond donors (Lipinski definition) is 0. The Labute approximate surface area is 104 Å². The van der Waals surface area contributed by atoms with Gasteiger partial charge in [0, 0.05) is 23.0 Å². The van der Waals surface area contributed by atoms with E-state index in [4.69, 9.17) is 0 Å². The highest BCUT2D eigenvalue weighted by Gasteiger charge is 2.04. The van der Waals surface area contributed by atoms with E-state index >= 15 is 0 Å². The molecule has 3 nitrogen and oxygen atoms in total. The van der Waals surface area contributed by atoms with Gasteiger partial charge in [0.25, 0.3) is 0 Å². The molecule has 0 saturated heterocycles. The minimum absolute atomic E-state index is 0.0126. The van der Waals surface area contributed by atoms with E-state index in [1.54, 1.807) is 41.5 Å². The molecule has 0 amide bonds. The molecule has 0 spiro atoms. The van der Waals surface area contributed by atoms with Gasteiger partial charge in [-0.05, 0) is 37.6 Å². The maximum Gasteiger partial charge on any atom is 0.189 e. The van der Waals surface area contributed by atoms with Crippen molar-refractivity contribution in [2.45, 2.75) is 13.8 Å². The van der Waals surface area contributed by atoms with Crippen molar-refractivity contribution >= 4 is 23.2 Å². The Bertz CT molecular complexity index is 578. The lowest BCUT2D eigenvalue weighted by atomic mass is 10.1. The van der Waals surface area contributed by atoms with Gasteiger partial charge in [-0.15, -0.1) is 11.3 Å². The van der Waals surface area contributed by atoms with Crippen LogP contribution in [-0.2, 0) is 7.05 Å². The van der Waals surface area contributed by atoms with Crippen molar-refractivity contribution in [3.63, 3.8) is 0 Å². The van der Waals surface area contributed by atoms with Crippen LogP contribution in [-0.4, -0.2) is 15.6 Å². The zero-order valence-electron chi connectivity index (χ0n) is 10.1. The van der Waals surface area contributed by atoms with E-state index in [2.05, 4.69) is 25.0 Å². The number of ketones is 1. The highest BCUT2D eigenvalue weighted by atomic mass is 32.1. The summed E-state index contributed by atoms with van der Waals surface area (Å²) in [6.45, 7) is 4.13. The number of carbonyl (C=O) groups excluding carboxylic acids is 1. The molecule has 17 heavy (non-hydrogen) atoms. The summed E-state index contributed by atoms with van der Waals surface area (Å²) < 4.78 is 1.63. The van der Waals surface area contributed by atoms with Crippen LogP contribution >= 0.6 is 11.3 Å². The molecule has 2 rings (SSSR count). The Morgan fingerprint density at radius 2 is 2.24 bits per heavy atom. The molecule has 2 heterocycles. The highest BCUT2D eigenvalue weighted by Crippen LogP contribution is 2.21. The maximum atomic E-state index is 11.8. The van der Waals surface area contributed by atoms with Crippen molar-refractivity contribution in [3.8, 4) is 0 Å². The second-order valence-corrected chi connectivity index (χ2v) is 5.43. The normalized spacial score (nSPS) is 11.2. The Morgan fingerprint density at radius 1 is 1.47 bits per heavy atom. The van der Waals surface area contributed by atoms with Crippen LogP contribution < -0.4 is 0 Å². The number of thiophene rings is 1. The van der Waals surface area contributed by atoms with Gasteiger partial charge in [-0.3, -0.25) is 9.48 Å². The quantitative estimate of drug-likeness (QED) is 0.616. The van der Waals surface area contributed by atoms with Crippen molar-refractivity contribution in [2.24, 2.45) is 7.05 Å². The van der Waals surface area contributed by atoms with Crippen molar-refractivity contribution in [1.29, 1.82) is 0 Å². The molecule has 0 bridgehead atoms. The maximum absolute atomic E-state index is 11.8. The zero-order chi connectivity index (χ0) is 12.4. The lowest BCUT2D eigenvalue weighted by Gasteiger charge is -1.90. The zero-order valence-corrected chi connectivity index (χ0v) is 10.9. The number of hydrogen-bond acceptors (Lipinski definition) is 3. The number of carbonyl (C=O) groups is 1. The highest BCUT2D eigenvalue weighted by molar-refractivity contribution is 7.12. The van der Waals surface area contributed by atoms with E-state index in [0.29, 0.717) is 5.56 Å². The van der Waals surface area contributed by atoms with Gasteiger partial charge in [0.1, 0.15) is 0 Å². The first-order valence-corrected chi connectivity index (χ1v) is 6.16. The van der Waals surface area contributed by atoms with E-state index < -0.39 is 0 Å². The van der Waals surface area contributed by atoms with Crippen LogP contribution in [0.3, 0.4) is 0 Å². The van der Waals surface area contributed by atoms with Crippen molar-refractivity contribution in [2.75, 3.05) is 0 Å². The summed E-state index contributed by atoms with van der Waals surface area (Å²) in [5, 5.41) is 3.98. The van der Waals surface area contributed by atoms with Crippen LogP contribution in [0, 0.1) is 13.8 Å². The van der Waals surface area contributed by atoms with Gasteiger partial charge < -0.3 is 0 Å². The van der Waals surface area contributed by atoms with Crippen LogP contribution in [0.1, 0.15) is 25.7 Å². The molecule has 0 N–H and O–H groups in total. The Morgan fingerprint density at radius 3 is 2.76 bits per heavy atom. The molecule has 0 aromatic carbocycles. The third-order valence-corrected chi connectivity index (χ3v) is 3.46. The minimum atomic E-state index is -0.0126. The number of rotatable bonds is 3. The molecule has 0 aliphatic heterocycles. The number of allylic oxidation sites excluding steroid dienone is 1. The summed E-state index contributed by atoms with van der Waals surface area (Å²) in [5.41, 5.74) is 1.73. The van der Waals surface area contributed by atoms with Crippen LogP contribution in [0.15, 0.2) is 24.5 Å². The van der Waals surface area contributed by atoms with E-state index in [1.807, 2.05) is 6.08 Å². The summed E-state index contributed by atoms with van der Waals surface area (Å²) >= 11 is 1.74. The molecule has 0 saturated carbocycles. The average Bonchev–Trinajstić information content (AvgIpc) is 2.82. The van der Waals surface area contributed by atoms with Gasteiger partial charge in [0.2, 0.25) is 0 Å². The number of aryl methyl sites for hydroxylation is 3. The number of nitrogens with zero attached hydrogens (tertiary/aromatic N) is 2. The second-order valence-electron chi connectivity index (χ2n) is 3.97. The molecule has 0 unspecified atom stereocenters. The molecule has 0 aliphatic rings. The Kier molecular flexibility index (Phi) is 3.24. The van der Waals surface area contributed by atoms with E-state index in [0.717, 1.165) is 5.56 Å². The van der Waals surface area contributed by atoms with Gasteiger partial charge in [-0.1, -0.05) is 0 Å². The lowest BCUT2D eigenvalue weighted by Crippen LogP contribution is -1.91. The summed E-state index contributed by atoms with van der Waals surface area (Å²) in [6.07, 6.45) is 6.77. The average molecular weight is 246 g/mol. The first kappa shape index (κ1) is 11.8. The first-order valence-electron chi connectivity index (χ1n) is 5.34. The molecule has 0 fully saturated rings. The minimum Gasteiger partial charge on any atom is -0.289 e. The third kappa shape index (κ3) is 2.71. The summed E-state index contributed by atoms with van der Waals surface area (Å²) in [5.74, 6) is -0.0126. The first-order chi connectivity index (χ1) is 8.06. The van der Waals surface area contributed by atoms with Crippen LogP contribution in [0.25, 0.3) is 6.08 Å². The standard InChI is InChI=1S/C13H14N2OS/c1-9-6-11(10(2)17-9)4-5-13(16)12-7-14-15(3)8-12/h4-8H,1-3H3/b5-4+. The molecule has 0 radical (unpaired) electrons. The topological polar surface area (TPSA) is 34.9 Å². The summed E-state index contributed by atoms with van der Waals surface area (Å²) in [4.78, 5) is 14.3. The van der Waals surface area contributed by atoms with E-state index in [-0.39, 0.29) is 5.78 Å². The molecule has 4 heteroatoms. The summed E-state index contributed by atoms with van der Waals surface area (Å²) in [7, 11) is 1.80. The van der Waals surface area contributed by atoms with Crippen molar-refractivity contribution in [1.82, 2.24) is 9.78 Å². The lowest BCUT2D eigenvalue weighted by molar-refractivity contribution is 0.104. The second kappa shape index (κ2) is 4.67. The smallest absolute Gasteiger partial charge is 0.189 e. The van der Waals surface area contributed by atoms with Crippen LogP contribution in [0.5, 0.6) is 0 Å². The van der Waals surface area contributed by atoms with E-state index in [9.17, 15) is 4.79 Å². The molecule has 0 aliphatic carbocycles. The largest absolute Gasteiger partial charge is 0.289 e. The fraction of sp³-hybridized carbons (Fsp3) is 0.231. The molecule has 2 aromatic heterocycles.